The van der Waals surface area contributed by atoms with E-state index in [9.17, 15) is 4.79 Å². The van der Waals surface area contributed by atoms with Crippen molar-refractivity contribution in [1.82, 2.24) is 10.6 Å². The minimum absolute atomic E-state index is 0.00535. The zero-order chi connectivity index (χ0) is 14.4. The van der Waals surface area contributed by atoms with Gasteiger partial charge in [0.05, 0.1) is 6.04 Å². The molecule has 3 nitrogen and oxygen atoms in total. The summed E-state index contributed by atoms with van der Waals surface area (Å²) in [4.78, 5) is 11.8. The molecule has 2 N–H and O–H groups in total. The maximum absolute atomic E-state index is 11.8. The Morgan fingerprint density at radius 2 is 1.70 bits per heavy atom. The van der Waals surface area contributed by atoms with E-state index in [0.717, 1.165) is 11.1 Å². The predicted molar refractivity (Wildman–Crippen MR) is 81.4 cm³/mol. The van der Waals surface area contributed by atoms with Crippen molar-refractivity contribution in [2.24, 2.45) is 0 Å². The quantitative estimate of drug-likeness (QED) is 0.874. The molecule has 0 spiro atoms. The normalized spacial score (nSPS) is 11.7. The van der Waals surface area contributed by atoms with Crippen molar-refractivity contribution in [1.29, 1.82) is 0 Å². The van der Waals surface area contributed by atoms with Crippen LogP contribution in [0.4, 0.5) is 4.79 Å². The number of hydrogen-bond donors (Lipinski definition) is 2. The van der Waals surface area contributed by atoms with Gasteiger partial charge in [-0.3, -0.25) is 0 Å². The van der Waals surface area contributed by atoms with Crippen molar-refractivity contribution < 1.29 is 4.79 Å². The number of carbonyl (C=O) groups is 1. The molecule has 1 unspecified atom stereocenters. The van der Waals surface area contributed by atoms with E-state index in [1.165, 1.54) is 5.56 Å². The zero-order valence-electron chi connectivity index (χ0n) is 11.9. The molecule has 104 valence electrons. The smallest absolute Gasteiger partial charge is 0.315 e. The van der Waals surface area contributed by atoms with Crippen LogP contribution in [0.3, 0.4) is 0 Å². The number of urea groups is 1. The fraction of sp³-hybridized carbons (Fsp3) is 0.235. The molecular weight excluding hydrogens is 248 g/mol. The van der Waals surface area contributed by atoms with Crippen LogP contribution in [-0.4, -0.2) is 6.03 Å². The van der Waals surface area contributed by atoms with Crippen molar-refractivity contribution in [3.05, 3.63) is 71.3 Å². The van der Waals surface area contributed by atoms with Crippen molar-refractivity contribution >= 4 is 6.03 Å². The zero-order valence-corrected chi connectivity index (χ0v) is 11.9. The Labute approximate surface area is 120 Å². The standard InChI is InChI=1S/C17H20N2O/c1-13-8-10-15(11-9-13)12-18-17(20)19-14(2)16-6-4-3-5-7-16/h3-11,14H,12H2,1-2H3,(H2,18,19,20). The van der Waals surface area contributed by atoms with Crippen LogP contribution in [0, 0.1) is 6.92 Å². The first-order valence-corrected chi connectivity index (χ1v) is 6.80. The van der Waals surface area contributed by atoms with Gasteiger partial charge in [-0.05, 0) is 25.0 Å². The van der Waals surface area contributed by atoms with Gasteiger partial charge in [0, 0.05) is 6.54 Å². The monoisotopic (exact) mass is 268 g/mol. The maximum atomic E-state index is 11.8. The Balaban J connectivity index is 1.82. The molecular formula is C17H20N2O. The van der Waals surface area contributed by atoms with E-state index >= 15 is 0 Å². The highest BCUT2D eigenvalue weighted by molar-refractivity contribution is 5.74. The third-order valence-electron chi connectivity index (χ3n) is 3.22. The molecule has 0 radical (unpaired) electrons. The number of rotatable bonds is 4. The molecule has 0 heterocycles. The molecule has 1 atom stereocenters. The van der Waals surface area contributed by atoms with E-state index in [4.69, 9.17) is 0 Å². The van der Waals surface area contributed by atoms with Gasteiger partial charge in [-0.1, -0.05) is 60.2 Å². The number of aryl methyl sites for hydroxylation is 1. The number of amides is 2. The van der Waals surface area contributed by atoms with Gasteiger partial charge in [-0.25, -0.2) is 4.79 Å². The summed E-state index contributed by atoms with van der Waals surface area (Å²) < 4.78 is 0. The number of nitrogens with one attached hydrogen (secondary N) is 2. The first kappa shape index (κ1) is 14.1. The molecule has 20 heavy (non-hydrogen) atoms. The summed E-state index contributed by atoms with van der Waals surface area (Å²) >= 11 is 0. The highest BCUT2D eigenvalue weighted by Crippen LogP contribution is 2.10. The average molecular weight is 268 g/mol. The third kappa shape index (κ3) is 4.12. The number of carbonyl (C=O) groups excluding carboxylic acids is 1. The minimum atomic E-state index is -0.151. The van der Waals surface area contributed by atoms with Gasteiger partial charge in [-0.2, -0.15) is 0 Å². The molecule has 2 aromatic rings. The van der Waals surface area contributed by atoms with Gasteiger partial charge < -0.3 is 10.6 Å². The van der Waals surface area contributed by atoms with E-state index < -0.39 is 0 Å². The van der Waals surface area contributed by atoms with Crippen LogP contribution in [-0.2, 0) is 6.54 Å². The summed E-state index contributed by atoms with van der Waals surface area (Å²) in [6.07, 6.45) is 0. The lowest BCUT2D eigenvalue weighted by atomic mass is 10.1. The number of hydrogen-bond acceptors (Lipinski definition) is 1. The predicted octanol–water partition coefficient (Wildman–Crippen LogP) is 3.56. The van der Waals surface area contributed by atoms with Gasteiger partial charge in [0.25, 0.3) is 0 Å². The minimum Gasteiger partial charge on any atom is -0.334 e. The van der Waals surface area contributed by atoms with E-state index in [-0.39, 0.29) is 12.1 Å². The van der Waals surface area contributed by atoms with Crippen LogP contribution < -0.4 is 10.6 Å². The van der Waals surface area contributed by atoms with Crippen LogP contribution in [0.5, 0.6) is 0 Å². The third-order valence-corrected chi connectivity index (χ3v) is 3.22. The fourth-order valence-corrected chi connectivity index (χ4v) is 1.96. The molecule has 2 rings (SSSR count). The Morgan fingerprint density at radius 1 is 1.05 bits per heavy atom. The first-order chi connectivity index (χ1) is 9.65. The molecule has 0 bridgehead atoms. The van der Waals surface area contributed by atoms with Crippen molar-refractivity contribution in [2.45, 2.75) is 26.4 Å². The Hall–Kier alpha value is -2.29. The number of benzene rings is 2. The molecule has 0 saturated heterocycles. The van der Waals surface area contributed by atoms with Crippen molar-refractivity contribution in [3.8, 4) is 0 Å². The molecule has 0 aliphatic rings. The highest BCUT2D eigenvalue weighted by Gasteiger charge is 2.08. The van der Waals surface area contributed by atoms with E-state index in [0.29, 0.717) is 6.54 Å². The molecule has 0 fully saturated rings. The van der Waals surface area contributed by atoms with Gasteiger partial charge in [0.1, 0.15) is 0 Å². The second-order valence-corrected chi connectivity index (χ2v) is 4.94. The SMILES string of the molecule is Cc1ccc(CNC(=O)NC(C)c2ccccc2)cc1. The largest absolute Gasteiger partial charge is 0.334 e. The lowest BCUT2D eigenvalue weighted by molar-refractivity contribution is 0.237. The molecule has 0 aliphatic carbocycles. The van der Waals surface area contributed by atoms with Crippen molar-refractivity contribution in [3.63, 3.8) is 0 Å². The second-order valence-electron chi connectivity index (χ2n) is 4.94. The molecule has 3 heteroatoms. The molecule has 0 saturated carbocycles. The van der Waals surface area contributed by atoms with Crippen LogP contribution in [0.2, 0.25) is 0 Å². The van der Waals surface area contributed by atoms with Gasteiger partial charge in [0.2, 0.25) is 0 Å². The van der Waals surface area contributed by atoms with Crippen LogP contribution >= 0.6 is 0 Å². The lowest BCUT2D eigenvalue weighted by Gasteiger charge is -2.15. The van der Waals surface area contributed by atoms with Gasteiger partial charge in [-0.15, -0.1) is 0 Å². The van der Waals surface area contributed by atoms with E-state index in [1.54, 1.807) is 0 Å². The summed E-state index contributed by atoms with van der Waals surface area (Å²) in [5.74, 6) is 0. The molecule has 2 amide bonds. The Morgan fingerprint density at radius 3 is 2.35 bits per heavy atom. The van der Waals surface area contributed by atoms with Crippen LogP contribution in [0.1, 0.15) is 29.7 Å². The topological polar surface area (TPSA) is 41.1 Å². The molecule has 0 aliphatic heterocycles. The van der Waals surface area contributed by atoms with E-state index in [2.05, 4.69) is 10.6 Å². The average Bonchev–Trinajstić information content (AvgIpc) is 2.47. The maximum Gasteiger partial charge on any atom is 0.315 e. The fourth-order valence-electron chi connectivity index (χ4n) is 1.96. The summed E-state index contributed by atoms with van der Waals surface area (Å²) in [7, 11) is 0. The van der Waals surface area contributed by atoms with Crippen LogP contribution in [0.15, 0.2) is 54.6 Å². The van der Waals surface area contributed by atoms with Gasteiger partial charge >= 0.3 is 6.03 Å². The van der Waals surface area contributed by atoms with E-state index in [1.807, 2.05) is 68.4 Å². The summed E-state index contributed by atoms with van der Waals surface area (Å²) in [6, 6.07) is 17.9. The molecule has 0 aromatic heterocycles. The first-order valence-electron chi connectivity index (χ1n) is 6.80. The molecule has 2 aromatic carbocycles. The highest BCUT2D eigenvalue weighted by atomic mass is 16.2. The van der Waals surface area contributed by atoms with Gasteiger partial charge in [0.15, 0.2) is 0 Å². The summed E-state index contributed by atoms with van der Waals surface area (Å²) in [5.41, 5.74) is 3.41. The summed E-state index contributed by atoms with van der Waals surface area (Å²) in [6.45, 7) is 4.56. The second kappa shape index (κ2) is 6.75. The lowest BCUT2D eigenvalue weighted by Crippen LogP contribution is -2.36. The Kier molecular flexibility index (Phi) is 4.77. The van der Waals surface area contributed by atoms with Crippen molar-refractivity contribution in [2.75, 3.05) is 0 Å². The summed E-state index contributed by atoms with van der Waals surface area (Å²) in [5, 5.41) is 5.80. The Bertz CT molecular complexity index is 549. The van der Waals surface area contributed by atoms with Crippen LogP contribution in [0.25, 0.3) is 0 Å².